The second kappa shape index (κ2) is 6.26. The summed E-state index contributed by atoms with van der Waals surface area (Å²) in [6.45, 7) is 2.01. The van der Waals surface area contributed by atoms with E-state index in [0.29, 0.717) is 12.1 Å². The Morgan fingerprint density at radius 1 is 1.48 bits per heavy atom. The van der Waals surface area contributed by atoms with Crippen molar-refractivity contribution in [1.29, 1.82) is 0 Å². The summed E-state index contributed by atoms with van der Waals surface area (Å²) >= 11 is 0. The zero-order chi connectivity index (χ0) is 16.3. The summed E-state index contributed by atoms with van der Waals surface area (Å²) in [7, 11) is 0. The lowest BCUT2D eigenvalue weighted by Crippen LogP contribution is -2.63. The van der Waals surface area contributed by atoms with Crippen molar-refractivity contribution in [3.63, 3.8) is 0 Å². The van der Waals surface area contributed by atoms with Crippen LogP contribution in [0.2, 0.25) is 0 Å². The minimum atomic E-state index is -1.28. The molecule has 1 amide bonds. The molecule has 23 heavy (non-hydrogen) atoms. The minimum Gasteiger partial charge on any atom is -0.463 e. The molecule has 1 unspecified atom stereocenters. The number of nitrogens with two attached hydrogens (primary N) is 1. The number of ether oxygens (including phenoxy) is 1. The summed E-state index contributed by atoms with van der Waals surface area (Å²) in [5.74, 6) is -0.333. The van der Waals surface area contributed by atoms with E-state index in [1.165, 1.54) is 6.26 Å². The van der Waals surface area contributed by atoms with Crippen molar-refractivity contribution in [2.24, 2.45) is 5.73 Å². The summed E-state index contributed by atoms with van der Waals surface area (Å²) in [5, 5.41) is 6.75. The van der Waals surface area contributed by atoms with Crippen molar-refractivity contribution in [3.05, 3.63) is 49.0 Å². The van der Waals surface area contributed by atoms with E-state index in [1.54, 1.807) is 12.4 Å². The number of nitrogens with zero attached hydrogens (tertiary/aromatic N) is 1. The van der Waals surface area contributed by atoms with E-state index in [-0.39, 0.29) is 5.91 Å². The molecule has 1 aliphatic rings. The van der Waals surface area contributed by atoms with E-state index in [9.17, 15) is 4.79 Å². The van der Waals surface area contributed by atoms with E-state index in [4.69, 9.17) is 10.5 Å². The lowest BCUT2D eigenvalue weighted by molar-refractivity contribution is -0.137. The van der Waals surface area contributed by atoms with E-state index in [0.717, 1.165) is 17.3 Å². The summed E-state index contributed by atoms with van der Waals surface area (Å²) < 4.78 is 5.53. The van der Waals surface area contributed by atoms with Gasteiger partial charge in [-0.15, -0.1) is 0 Å². The maximum atomic E-state index is 12.7. The van der Waals surface area contributed by atoms with Gasteiger partial charge in [0.05, 0.1) is 23.4 Å². The number of carbonyl (C=O) groups excluding carboxylic acids is 1. The fourth-order valence-electron chi connectivity index (χ4n) is 2.69. The third kappa shape index (κ3) is 2.85. The molecular formula is C17H20N4O2. The number of hydrogen-bond donors (Lipinski definition) is 3. The lowest BCUT2D eigenvalue weighted by atomic mass is 9.99. The first-order valence-electron chi connectivity index (χ1n) is 7.68. The maximum absolute atomic E-state index is 12.7. The average molecular weight is 312 g/mol. The van der Waals surface area contributed by atoms with Crippen molar-refractivity contribution in [2.45, 2.75) is 31.5 Å². The molecular weight excluding hydrogens is 292 g/mol. The highest BCUT2D eigenvalue weighted by Gasteiger charge is 2.47. The largest absolute Gasteiger partial charge is 0.463 e. The van der Waals surface area contributed by atoms with Crippen LogP contribution in [0.5, 0.6) is 0 Å². The predicted molar refractivity (Wildman–Crippen MR) is 89.3 cm³/mol. The third-order valence-corrected chi connectivity index (χ3v) is 3.93. The highest BCUT2D eigenvalue weighted by Crippen LogP contribution is 2.23. The molecule has 0 bridgehead atoms. The first-order chi connectivity index (χ1) is 11.2. The van der Waals surface area contributed by atoms with Gasteiger partial charge in [0.1, 0.15) is 6.26 Å². The van der Waals surface area contributed by atoms with Gasteiger partial charge in [-0.3, -0.25) is 9.78 Å². The molecule has 3 rings (SSSR count). The van der Waals surface area contributed by atoms with Gasteiger partial charge < -0.3 is 21.1 Å². The van der Waals surface area contributed by atoms with Crippen LogP contribution in [0.15, 0.2) is 49.0 Å². The van der Waals surface area contributed by atoms with Crippen LogP contribution in [-0.2, 0) is 9.53 Å². The Kier molecular flexibility index (Phi) is 4.16. The number of benzene rings is 1. The molecule has 2 atom stereocenters. The Labute approximate surface area is 134 Å². The number of carbonyl (C=O) groups is 1. The van der Waals surface area contributed by atoms with Gasteiger partial charge in [-0.1, -0.05) is 31.5 Å². The Morgan fingerprint density at radius 3 is 3.04 bits per heavy atom. The number of fused-ring (bicyclic) bond motifs is 1. The Bertz CT molecular complexity index is 736. The molecule has 6 heteroatoms. The quantitative estimate of drug-likeness (QED) is 0.786. The van der Waals surface area contributed by atoms with E-state index < -0.39 is 11.8 Å². The highest BCUT2D eigenvalue weighted by molar-refractivity contribution is 5.99. The van der Waals surface area contributed by atoms with Crippen molar-refractivity contribution in [1.82, 2.24) is 10.3 Å². The first kappa shape index (κ1) is 15.3. The lowest BCUT2D eigenvalue weighted by Gasteiger charge is -2.33. The van der Waals surface area contributed by atoms with Gasteiger partial charge in [0.15, 0.2) is 0 Å². The topological polar surface area (TPSA) is 89.3 Å². The van der Waals surface area contributed by atoms with Crippen molar-refractivity contribution in [2.75, 3.05) is 5.32 Å². The fourth-order valence-corrected chi connectivity index (χ4v) is 2.69. The number of rotatable bonds is 5. The van der Waals surface area contributed by atoms with Gasteiger partial charge in [-0.25, -0.2) is 0 Å². The molecule has 0 aliphatic carbocycles. The number of para-hydroxylation sites is 1. The zero-order valence-electron chi connectivity index (χ0n) is 13.0. The Balaban J connectivity index is 1.83. The highest BCUT2D eigenvalue weighted by atomic mass is 16.5. The second-order valence-electron chi connectivity index (χ2n) is 5.57. The number of nitrogens with one attached hydrogen (secondary N) is 2. The number of anilines is 1. The molecule has 2 aromatic rings. The van der Waals surface area contributed by atoms with Gasteiger partial charge in [0.2, 0.25) is 0 Å². The van der Waals surface area contributed by atoms with Crippen LogP contribution in [-0.4, -0.2) is 22.7 Å². The van der Waals surface area contributed by atoms with Crippen molar-refractivity contribution < 1.29 is 9.53 Å². The average Bonchev–Trinajstić information content (AvgIpc) is 3.06. The standard InChI is InChI=1S/C17H20N4O2/c1-2-5-15(18)17(20-8-9-23-17)16(22)21-13-10-12-6-3-4-7-14(12)19-11-13/h3-4,6-11,15,20H,2,5,18H2,1H3,(H,21,22)/t15-,17?/m1/s1. The zero-order valence-corrected chi connectivity index (χ0v) is 13.0. The monoisotopic (exact) mass is 312 g/mol. The first-order valence-corrected chi connectivity index (χ1v) is 7.68. The molecule has 2 heterocycles. The third-order valence-electron chi connectivity index (χ3n) is 3.93. The molecule has 0 saturated carbocycles. The number of aromatic nitrogens is 1. The normalized spacial score (nSPS) is 20.8. The smallest absolute Gasteiger partial charge is 0.291 e. The summed E-state index contributed by atoms with van der Waals surface area (Å²) in [6.07, 6.45) is 6.19. The van der Waals surface area contributed by atoms with Crippen LogP contribution in [0, 0.1) is 0 Å². The van der Waals surface area contributed by atoms with Crippen LogP contribution in [0.1, 0.15) is 19.8 Å². The van der Waals surface area contributed by atoms with E-state index in [2.05, 4.69) is 15.6 Å². The SMILES string of the molecule is CCC[C@@H](N)C1(C(=O)Nc2cnc3ccccc3c2)NC=CO1. The molecule has 1 aliphatic heterocycles. The van der Waals surface area contributed by atoms with E-state index >= 15 is 0 Å². The van der Waals surface area contributed by atoms with Crippen molar-refractivity contribution >= 4 is 22.5 Å². The molecule has 0 radical (unpaired) electrons. The second-order valence-corrected chi connectivity index (χ2v) is 5.57. The molecule has 120 valence electrons. The number of hydrogen-bond acceptors (Lipinski definition) is 5. The maximum Gasteiger partial charge on any atom is 0.291 e. The molecule has 6 nitrogen and oxygen atoms in total. The Morgan fingerprint density at radius 2 is 2.30 bits per heavy atom. The molecule has 1 aromatic carbocycles. The van der Waals surface area contributed by atoms with Crippen LogP contribution >= 0.6 is 0 Å². The van der Waals surface area contributed by atoms with E-state index in [1.807, 2.05) is 37.3 Å². The van der Waals surface area contributed by atoms with Crippen LogP contribution in [0.4, 0.5) is 5.69 Å². The van der Waals surface area contributed by atoms with Crippen LogP contribution in [0.25, 0.3) is 10.9 Å². The van der Waals surface area contributed by atoms with Crippen LogP contribution in [0.3, 0.4) is 0 Å². The molecule has 4 N–H and O–H groups in total. The summed E-state index contributed by atoms with van der Waals surface area (Å²) in [5.41, 5.74) is 6.37. The molecule has 1 aromatic heterocycles. The molecule has 0 saturated heterocycles. The summed E-state index contributed by atoms with van der Waals surface area (Å²) in [6, 6.07) is 9.14. The fraction of sp³-hybridized carbons (Fsp3) is 0.294. The number of pyridine rings is 1. The van der Waals surface area contributed by atoms with Crippen molar-refractivity contribution in [3.8, 4) is 0 Å². The molecule has 0 fully saturated rings. The minimum absolute atomic E-state index is 0.333. The number of amides is 1. The predicted octanol–water partition coefficient (Wildman–Crippen LogP) is 2.09. The Hall–Kier alpha value is -2.60. The van der Waals surface area contributed by atoms with Crippen LogP contribution < -0.4 is 16.4 Å². The van der Waals surface area contributed by atoms with Gasteiger partial charge in [-0.05, 0) is 18.6 Å². The van der Waals surface area contributed by atoms with Gasteiger partial charge in [0.25, 0.3) is 11.6 Å². The van der Waals surface area contributed by atoms with Gasteiger partial charge >= 0.3 is 0 Å². The van der Waals surface area contributed by atoms with Gasteiger partial charge in [-0.2, -0.15) is 0 Å². The molecule has 0 spiro atoms. The van der Waals surface area contributed by atoms with Gasteiger partial charge in [0, 0.05) is 11.6 Å². The summed E-state index contributed by atoms with van der Waals surface area (Å²) in [4.78, 5) is 17.1.